The minimum atomic E-state index is -0.863. The Bertz CT molecular complexity index is 1280. The second-order valence-corrected chi connectivity index (χ2v) is 11.4. The molecule has 0 bridgehead atoms. The Morgan fingerprint density at radius 3 is 2.46 bits per heavy atom. The number of amides is 1. The Balaban J connectivity index is 1.77. The Hall–Kier alpha value is -2.99. The van der Waals surface area contributed by atoms with Crippen LogP contribution in [0.1, 0.15) is 49.9 Å². The molecule has 1 amide bonds. The molecule has 1 heterocycles. The molecule has 0 saturated carbocycles. The Morgan fingerprint density at radius 2 is 1.78 bits per heavy atom. The first kappa shape index (κ1) is 27.1. The normalized spacial score (nSPS) is 15.3. The highest BCUT2D eigenvalue weighted by Crippen LogP contribution is 2.45. The molecule has 1 unspecified atom stereocenters. The number of alkyl halides is 1. The van der Waals surface area contributed by atoms with Crippen molar-refractivity contribution in [3.63, 3.8) is 0 Å². The van der Waals surface area contributed by atoms with Crippen LogP contribution in [0.25, 0.3) is 22.3 Å². The van der Waals surface area contributed by atoms with Gasteiger partial charge in [0.2, 0.25) is 0 Å². The van der Waals surface area contributed by atoms with E-state index in [0.717, 1.165) is 56.6 Å². The molecule has 37 heavy (non-hydrogen) atoms. The molecular formula is C31H36BrNO4. The van der Waals surface area contributed by atoms with Crippen molar-refractivity contribution >= 4 is 22.0 Å². The topological polar surface area (TPSA) is 59.0 Å². The summed E-state index contributed by atoms with van der Waals surface area (Å²) in [5.74, 6) is 1.70. The third-order valence-corrected chi connectivity index (χ3v) is 7.64. The quantitative estimate of drug-likeness (QED) is 0.232. The molecule has 0 aromatic heterocycles. The highest BCUT2D eigenvalue weighted by molar-refractivity contribution is 9.09. The average Bonchev–Trinajstić information content (AvgIpc) is 2.87. The van der Waals surface area contributed by atoms with Gasteiger partial charge in [-0.1, -0.05) is 85.2 Å². The highest BCUT2D eigenvalue weighted by atomic mass is 79.9. The van der Waals surface area contributed by atoms with Crippen LogP contribution in [0.2, 0.25) is 0 Å². The molecule has 0 spiro atoms. The van der Waals surface area contributed by atoms with E-state index < -0.39 is 6.09 Å². The van der Waals surface area contributed by atoms with E-state index >= 15 is 0 Å². The predicted octanol–water partition coefficient (Wildman–Crippen LogP) is 8.12. The lowest BCUT2D eigenvalue weighted by Crippen LogP contribution is -2.44. The lowest BCUT2D eigenvalue weighted by Gasteiger charge is -2.43. The van der Waals surface area contributed by atoms with Crippen LogP contribution >= 0.6 is 15.9 Å². The fraction of sp³-hybridized carbons (Fsp3) is 0.387. The predicted molar refractivity (Wildman–Crippen MR) is 153 cm³/mol. The smallest absolute Gasteiger partial charge is 0.407 e. The largest absolute Gasteiger partial charge is 0.495 e. The molecule has 1 N–H and O–H groups in total. The summed E-state index contributed by atoms with van der Waals surface area (Å²) in [5.41, 5.74) is 7.33. The van der Waals surface area contributed by atoms with E-state index in [1.807, 2.05) is 12.1 Å². The molecule has 196 valence electrons. The third kappa shape index (κ3) is 5.49. The van der Waals surface area contributed by atoms with E-state index in [9.17, 15) is 9.90 Å². The van der Waals surface area contributed by atoms with E-state index in [0.29, 0.717) is 19.6 Å². The fourth-order valence-electron chi connectivity index (χ4n) is 5.43. The summed E-state index contributed by atoms with van der Waals surface area (Å²) in [6.07, 6.45) is 0.774. The summed E-state index contributed by atoms with van der Waals surface area (Å²) < 4.78 is 12.1. The average molecular weight is 567 g/mol. The van der Waals surface area contributed by atoms with Gasteiger partial charge in [-0.25, -0.2) is 4.79 Å². The molecule has 0 fully saturated rings. The van der Waals surface area contributed by atoms with Crippen LogP contribution in [0.3, 0.4) is 0 Å². The number of hydrogen-bond acceptors (Lipinski definition) is 3. The summed E-state index contributed by atoms with van der Waals surface area (Å²) in [6, 6.07) is 18.6. The first-order valence-corrected chi connectivity index (χ1v) is 13.9. The Kier molecular flexibility index (Phi) is 8.17. The van der Waals surface area contributed by atoms with Crippen molar-refractivity contribution in [1.29, 1.82) is 0 Å². The van der Waals surface area contributed by atoms with Gasteiger partial charge in [0.25, 0.3) is 0 Å². The molecule has 3 aromatic rings. The lowest BCUT2D eigenvalue weighted by atomic mass is 9.76. The highest BCUT2D eigenvalue weighted by Gasteiger charge is 2.38. The molecule has 1 atom stereocenters. The number of ether oxygens (including phenoxy) is 2. The number of fused-ring (bicyclic) bond motifs is 1. The number of carbonyl (C=O) groups is 1. The van der Waals surface area contributed by atoms with E-state index in [4.69, 9.17) is 9.47 Å². The maximum atomic E-state index is 12.0. The number of para-hydroxylation sites is 1. The van der Waals surface area contributed by atoms with Gasteiger partial charge in [-0.15, -0.1) is 0 Å². The number of carboxylic acid groups (broad SMARTS) is 1. The summed E-state index contributed by atoms with van der Waals surface area (Å²) in [4.78, 5) is 13.6. The van der Waals surface area contributed by atoms with Gasteiger partial charge in [0, 0.05) is 23.0 Å². The van der Waals surface area contributed by atoms with Gasteiger partial charge in [-0.2, -0.15) is 0 Å². The second-order valence-electron chi connectivity index (χ2n) is 10.6. The minimum absolute atomic E-state index is 0.189. The van der Waals surface area contributed by atoms with Gasteiger partial charge in [0.05, 0.1) is 19.8 Å². The van der Waals surface area contributed by atoms with E-state index in [1.54, 1.807) is 12.0 Å². The minimum Gasteiger partial charge on any atom is -0.495 e. The standard InChI is InChI=1S/C31H36BrNO4/c1-20-23(9-7-12-27(20)37-18-8-16-32)26-11-6-10-24(28(26)36-5)21-13-14-25-22(19-21)15-17-33(30(34)35)29(25)31(2,3)4/h6-7,9-14,19,29H,8,15-18H2,1-5H3,(H,34,35). The van der Waals surface area contributed by atoms with Crippen molar-refractivity contribution in [2.24, 2.45) is 5.41 Å². The lowest BCUT2D eigenvalue weighted by molar-refractivity contribution is 0.0759. The van der Waals surface area contributed by atoms with Crippen LogP contribution in [-0.4, -0.2) is 41.7 Å². The molecule has 0 aliphatic carbocycles. The van der Waals surface area contributed by atoms with Crippen LogP contribution < -0.4 is 9.47 Å². The van der Waals surface area contributed by atoms with E-state index in [2.05, 4.69) is 86.1 Å². The van der Waals surface area contributed by atoms with Crippen molar-refractivity contribution in [3.05, 3.63) is 71.3 Å². The summed E-state index contributed by atoms with van der Waals surface area (Å²) >= 11 is 3.46. The Labute approximate surface area is 228 Å². The number of hydrogen-bond donors (Lipinski definition) is 1. The van der Waals surface area contributed by atoms with Crippen LogP contribution in [0.5, 0.6) is 11.5 Å². The fourth-order valence-corrected chi connectivity index (χ4v) is 5.66. The monoisotopic (exact) mass is 565 g/mol. The molecule has 3 aromatic carbocycles. The molecule has 4 rings (SSSR count). The van der Waals surface area contributed by atoms with Gasteiger partial charge in [0.15, 0.2) is 0 Å². The number of benzene rings is 3. The maximum Gasteiger partial charge on any atom is 0.407 e. The number of nitrogens with zero attached hydrogens (tertiary/aromatic N) is 1. The van der Waals surface area contributed by atoms with Crippen LogP contribution in [0, 0.1) is 12.3 Å². The number of methoxy groups -OCH3 is 1. The van der Waals surface area contributed by atoms with Crippen molar-refractivity contribution in [3.8, 4) is 33.8 Å². The molecule has 1 aliphatic rings. The van der Waals surface area contributed by atoms with Crippen molar-refractivity contribution in [2.75, 3.05) is 25.6 Å². The number of halogens is 1. The van der Waals surface area contributed by atoms with Gasteiger partial charge in [0.1, 0.15) is 11.5 Å². The number of rotatable bonds is 7. The Morgan fingerprint density at radius 1 is 1.08 bits per heavy atom. The van der Waals surface area contributed by atoms with Gasteiger partial charge in [-0.3, -0.25) is 0 Å². The molecule has 0 radical (unpaired) electrons. The zero-order chi connectivity index (χ0) is 26.7. The van der Waals surface area contributed by atoms with Gasteiger partial charge in [-0.05, 0) is 59.1 Å². The van der Waals surface area contributed by atoms with Crippen LogP contribution in [0.15, 0.2) is 54.6 Å². The summed E-state index contributed by atoms with van der Waals surface area (Å²) in [5, 5.41) is 10.7. The van der Waals surface area contributed by atoms with Crippen LogP contribution in [-0.2, 0) is 6.42 Å². The third-order valence-electron chi connectivity index (χ3n) is 7.08. The first-order valence-electron chi connectivity index (χ1n) is 12.8. The van der Waals surface area contributed by atoms with Crippen LogP contribution in [0.4, 0.5) is 4.79 Å². The summed E-state index contributed by atoms with van der Waals surface area (Å²) in [6.45, 7) is 9.54. The van der Waals surface area contributed by atoms with Gasteiger partial charge >= 0.3 is 6.09 Å². The van der Waals surface area contributed by atoms with E-state index in [1.165, 1.54) is 5.56 Å². The molecule has 6 heteroatoms. The van der Waals surface area contributed by atoms with Crippen molar-refractivity contribution < 1.29 is 19.4 Å². The van der Waals surface area contributed by atoms with Crippen molar-refractivity contribution in [1.82, 2.24) is 4.90 Å². The van der Waals surface area contributed by atoms with Crippen molar-refractivity contribution in [2.45, 2.75) is 46.6 Å². The summed E-state index contributed by atoms with van der Waals surface area (Å²) in [7, 11) is 1.72. The second kappa shape index (κ2) is 11.2. The zero-order valence-electron chi connectivity index (χ0n) is 22.3. The molecule has 5 nitrogen and oxygen atoms in total. The molecule has 1 aliphatic heterocycles. The zero-order valence-corrected chi connectivity index (χ0v) is 23.9. The molecule has 0 saturated heterocycles. The molecular weight excluding hydrogens is 530 g/mol. The van der Waals surface area contributed by atoms with Gasteiger partial charge < -0.3 is 19.5 Å². The SMILES string of the molecule is COc1c(-c2ccc3c(c2)CCN(C(=O)O)C3C(C)(C)C)cccc1-c1cccc(OCCCBr)c1C. The maximum absolute atomic E-state index is 12.0. The van der Waals surface area contributed by atoms with E-state index in [-0.39, 0.29) is 11.5 Å². The first-order chi connectivity index (χ1) is 17.7.